The van der Waals surface area contributed by atoms with Gasteiger partial charge in [-0.25, -0.2) is 0 Å². The van der Waals surface area contributed by atoms with Gasteiger partial charge in [-0.1, -0.05) is 39.0 Å². The minimum Gasteiger partial charge on any atom is -0.493 e. The monoisotopic (exact) mass is 386 g/mol. The average Bonchev–Trinajstić information content (AvgIpc) is 2.99. The van der Waals surface area contributed by atoms with Gasteiger partial charge in [-0.3, -0.25) is 9.59 Å². The summed E-state index contributed by atoms with van der Waals surface area (Å²) in [6.07, 6.45) is 0.896. The highest BCUT2D eigenvalue weighted by molar-refractivity contribution is 7.18. The van der Waals surface area contributed by atoms with E-state index in [1.165, 1.54) is 16.9 Å². The van der Waals surface area contributed by atoms with Crippen molar-refractivity contribution in [3.05, 3.63) is 46.3 Å². The van der Waals surface area contributed by atoms with Gasteiger partial charge in [0, 0.05) is 17.9 Å². The van der Waals surface area contributed by atoms with Crippen molar-refractivity contribution in [1.82, 2.24) is 5.32 Å². The quantitative estimate of drug-likeness (QED) is 0.834. The first-order chi connectivity index (χ1) is 12.7. The van der Waals surface area contributed by atoms with Crippen molar-refractivity contribution < 1.29 is 14.3 Å². The van der Waals surface area contributed by atoms with E-state index in [-0.39, 0.29) is 17.7 Å². The highest BCUT2D eigenvalue weighted by Gasteiger charge is 2.24. The van der Waals surface area contributed by atoms with Crippen molar-refractivity contribution in [3.8, 4) is 5.75 Å². The third kappa shape index (κ3) is 4.69. The van der Waals surface area contributed by atoms with Crippen LogP contribution < -0.4 is 15.4 Å². The second-order valence-corrected chi connectivity index (χ2v) is 9.08. The van der Waals surface area contributed by atoms with Crippen molar-refractivity contribution in [2.24, 2.45) is 11.3 Å². The lowest BCUT2D eigenvalue weighted by Crippen LogP contribution is -2.34. The van der Waals surface area contributed by atoms with Gasteiger partial charge in [0.15, 0.2) is 0 Å². The second-order valence-electron chi connectivity index (χ2n) is 8.03. The molecule has 0 spiro atoms. The average molecular weight is 387 g/mol. The maximum atomic E-state index is 12.6. The number of fused-ring (bicyclic) bond motifs is 1. The molecule has 1 aromatic carbocycles. The van der Waals surface area contributed by atoms with Gasteiger partial charge in [-0.05, 0) is 36.6 Å². The molecule has 0 saturated heterocycles. The Kier molecular flexibility index (Phi) is 5.56. The zero-order valence-corrected chi connectivity index (χ0v) is 17.0. The first-order valence-electron chi connectivity index (χ1n) is 9.15. The summed E-state index contributed by atoms with van der Waals surface area (Å²) in [6, 6.07) is 9.87. The first kappa shape index (κ1) is 19.4. The van der Waals surface area contributed by atoms with Gasteiger partial charge >= 0.3 is 0 Å². The zero-order chi connectivity index (χ0) is 19.6. The van der Waals surface area contributed by atoms with Crippen LogP contribution >= 0.6 is 11.3 Å². The molecule has 2 amide bonds. The fraction of sp³-hybridized carbons (Fsp3) is 0.429. The number of benzene rings is 1. The molecule has 0 bridgehead atoms. The number of amides is 2. The minimum absolute atomic E-state index is 0.0614. The van der Waals surface area contributed by atoms with E-state index in [4.69, 9.17) is 4.74 Å². The van der Waals surface area contributed by atoms with Crippen LogP contribution in [0.3, 0.4) is 0 Å². The summed E-state index contributed by atoms with van der Waals surface area (Å²) >= 11 is 1.31. The van der Waals surface area contributed by atoms with Crippen LogP contribution in [0, 0.1) is 18.3 Å². The third-order valence-corrected chi connectivity index (χ3v) is 5.70. The van der Waals surface area contributed by atoms with E-state index in [9.17, 15) is 9.59 Å². The van der Waals surface area contributed by atoms with Crippen LogP contribution in [0.15, 0.2) is 30.3 Å². The van der Waals surface area contributed by atoms with Gasteiger partial charge in [0.05, 0.1) is 16.5 Å². The number of hydrogen-bond acceptors (Lipinski definition) is 4. The fourth-order valence-corrected chi connectivity index (χ4v) is 3.89. The molecule has 27 heavy (non-hydrogen) atoms. The van der Waals surface area contributed by atoms with Crippen LogP contribution in [0.4, 0.5) is 5.00 Å². The molecule has 1 aliphatic heterocycles. The molecule has 0 radical (unpaired) electrons. The maximum absolute atomic E-state index is 12.6. The van der Waals surface area contributed by atoms with Crippen LogP contribution in [0.1, 0.15) is 41.6 Å². The number of thiophene rings is 1. The number of anilines is 1. The number of rotatable bonds is 4. The molecule has 2 heterocycles. The third-order valence-electron chi connectivity index (χ3n) is 4.55. The predicted molar refractivity (Wildman–Crippen MR) is 109 cm³/mol. The van der Waals surface area contributed by atoms with E-state index in [0.717, 1.165) is 17.7 Å². The molecule has 5 nitrogen and oxygen atoms in total. The normalized spacial score (nSPS) is 16.2. The smallest absolute Gasteiger partial charge is 0.261 e. The number of para-hydroxylation sites is 1. The lowest BCUT2D eigenvalue weighted by molar-refractivity contribution is -0.123. The van der Waals surface area contributed by atoms with E-state index in [1.54, 1.807) is 0 Å². The Balaban J connectivity index is 1.58. The Morgan fingerprint density at radius 1 is 1.26 bits per heavy atom. The molecule has 1 aromatic heterocycles. The maximum Gasteiger partial charge on any atom is 0.261 e. The number of nitrogens with one attached hydrogen (secondary N) is 2. The fourth-order valence-electron chi connectivity index (χ4n) is 2.91. The molecule has 2 N–H and O–H groups in total. The summed E-state index contributed by atoms with van der Waals surface area (Å²) in [5.41, 5.74) is 1.58. The molecule has 6 heteroatoms. The van der Waals surface area contributed by atoms with Crippen LogP contribution in [-0.4, -0.2) is 25.0 Å². The minimum atomic E-state index is -0.475. The van der Waals surface area contributed by atoms with Gasteiger partial charge in [-0.15, -0.1) is 11.3 Å². The Morgan fingerprint density at radius 3 is 2.74 bits per heavy atom. The molecule has 1 unspecified atom stereocenters. The number of carbonyl (C=O) groups is 2. The molecule has 0 aliphatic carbocycles. The molecule has 0 saturated carbocycles. The molecule has 144 valence electrons. The molecule has 1 aliphatic rings. The van der Waals surface area contributed by atoms with Crippen molar-refractivity contribution in [3.63, 3.8) is 0 Å². The number of hydrogen-bond donors (Lipinski definition) is 2. The standard InChI is InChI=1S/C21H26N2O3S/c1-13-9-17(23-20(25)21(2,3)4)27-18(13)19(24)22-11-14-10-15-7-5-6-8-16(15)26-12-14/h5-9,14H,10-12H2,1-4H3,(H,22,24)(H,23,25). The summed E-state index contributed by atoms with van der Waals surface area (Å²) in [6.45, 7) is 8.64. The molecular weight excluding hydrogens is 360 g/mol. The number of carbonyl (C=O) groups excluding carboxylic acids is 2. The lowest BCUT2D eigenvalue weighted by Gasteiger charge is -2.25. The largest absolute Gasteiger partial charge is 0.493 e. The summed E-state index contributed by atoms with van der Waals surface area (Å²) in [4.78, 5) is 25.4. The van der Waals surface area contributed by atoms with Crippen LogP contribution in [0.5, 0.6) is 5.75 Å². The number of ether oxygens (including phenoxy) is 1. The molecule has 3 rings (SSSR count). The number of aryl methyl sites for hydroxylation is 1. The Bertz CT molecular complexity index is 851. The van der Waals surface area contributed by atoms with Gasteiger partial charge < -0.3 is 15.4 Å². The first-order valence-corrected chi connectivity index (χ1v) is 9.96. The SMILES string of the molecule is Cc1cc(NC(=O)C(C)(C)C)sc1C(=O)NCC1COc2ccccc2C1. The predicted octanol–water partition coefficient (Wildman–Crippen LogP) is 4.02. The van der Waals surface area contributed by atoms with Gasteiger partial charge in [0.2, 0.25) is 5.91 Å². The Labute approximate surface area is 164 Å². The van der Waals surface area contributed by atoms with Crippen molar-refractivity contribution in [2.45, 2.75) is 34.1 Å². The topological polar surface area (TPSA) is 67.4 Å². The highest BCUT2D eigenvalue weighted by Crippen LogP contribution is 2.29. The summed E-state index contributed by atoms with van der Waals surface area (Å²) in [5, 5.41) is 6.61. The molecule has 0 fully saturated rings. The lowest BCUT2D eigenvalue weighted by atomic mass is 9.96. The van der Waals surface area contributed by atoms with E-state index in [1.807, 2.05) is 52.0 Å². The molecule has 1 atom stereocenters. The van der Waals surface area contributed by atoms with E-state index < -0.39 is 5.41 Å². The van der Waals surface area contributed by atoms with Crippen molar-refractivity contribution >= 4 is 28.2 Å². The summed E-state index contributed by atoms with van der Waals surface area (Å²) in [5.74, 6) is 1.03. The van der Waals surface area contributed by atoms with Gasteiger partial charge in [0.1, 0.15) is 5.75 Å². The Morgan fingerprint density at radius 2 is 2.00 bits per heavy atom. The molecular formula is C21H26N2O3S. The molecule has 2 aromatic rings. The van der Waals surface area contributed by atoms with Crippen molar-refractivity contribution in [1.29, 1.82) is 0 Å². The van der Waals surface area contributed by atoms with E-state index >= 15 is 0 Å². The van der Waals surface area contributed by atoms with Crippen LogP contribution in [0.25, 0.3) is 0 Å². The van der Waals surface area contributed by atoms with Gasteiger partial charge in [-0.2, -0.15) is 0 Å². The van der Waals surface area contributed by atoms with E-state index in [0.29, 0.717) is 23.0 Å². The second kappa shape index (κ2) is 7.72. The van der Waals surface area contributed by atoms with E-state index in [2.05, 4.69) is 16.7 Å². The van der Waals surface area contributed by atoms with Gasteiger partial charge in [0.25, 0.3) is 5.91 Å². The Hall–Kier alpha value is -2.34. The summed E-state index contributed by atoms with van der Waals surface area (Å²) in [7, 11) is 0. The highest BCUT2D eigenvalue weighted by atomic mass is 32.1. The zero-order valence-electron chi connectivity index (χ0n) is 16.2. The van der Waals surface area contributed by atoms with Crippen LogP contribution in [-0.2, 0) is 11.2 Å². The van der Waals surface area contributed by atoms with Crippen LogP contribution in [0.2, 0.25) is 0 Å². The van der Waals surface area contributed by atoms with Crippen molar-refractivity contribution in [2.75, 3.05) is 18.5 Å². The summed E-state index contributed by atoms with van der Waals surface area (Å²) < 4.78 is 5.78.